The van der Waals surface area contributed by atoms with Gasteiger partial charge in [-0.1, -0.05) is 0 Å². The van der Waals surface area contributed by atoms with Gasteiger partial charge >= 0.3 is 12.0 Å². The summed E-state index contributed by atoms with van der Waals surface area (Å²) in [5.74, 6) is -0.389. The van der Waals surface area contributed by atoms with Crippen molar-refractivity contribution in [2.45, 2.75) is 38.3 Å². The van der Waals surface area contributed by atoms with Crippen LogP contribution in [0.25, 0.3) is 0 Å². The maximum Gasteiger partial charge on any atom is 0.315 e. The van der Waals surface area contributed by atoms with Gasteiger partial charge in [0.25, 0.3) is 0 Å². The van der Waals surface area contributed by atoms with Crippen molar-refractivity contribution in [2.75, 3.05) is 13.7 Å². The van der Waals surface area contributed by atoms with Gasteiger partial charge in [-0.15, -0.1) is 0 Å². The van der Waals surface area contributed by atoms with Gasteiger partial charge in [-0.25, -0.2) is 4.79 Å². The average Bonchev–Trinajstić information content (AvgIpc) is 3.02. The van der Waals surface area contributed by atoms with E-state index in [2.05, 4.69) is 10.6 Å². The van der Waals surface area contributed by atoms with Crippen molar-refractivity contribution in [3.63, 3.8) is 0 Å². The van der Waals surface area contributed by atoms with Crippen LogP contribution in [0.3, 0.4) is 0 Å². The minimum atomic E-state index is -0.925. The van der Waals surface area contributed by atoms with Crippen molar-refractivity contribution in [3.8, 4) is 0 Å². The third-order valence-electron chi connectivity index (χ3n) is 2.83. The second kappa shape index (κ2) is 6.44. The van der Waals surface area contributed by atoms with Crippen molar-refractivity contribution < 1.29 is 19.4 Å². The van der Waals surface area contributed by atoms with Crippen LogP contribution in [-0.4, -0.2) is 42.9 Å². The molecule has 0 aromatic rings. The highest BCUT2D eigenvalue weighted by Gasteiger charge is 2.35. The zero-order chi connectivity index (χ0) is 12.8. The number of carbonyl (C=O) groups excluding carboxylic acids is 1. The number of carbonyl (C=O) groups is 2. The lowest BCUT2D eigenvalue weighted by Crippen LogP contribution is -2.47. The Hall–Kier alpha value is -1.30. The molecule has 0 aliphatic heterocycles. The van der Waals surface area contributed by atoms with Crippen molar-refractivity contribution in [1.29, 1.82) is 0 Å². The number of methoxy groups -OCH3 is 1. The van der Waals surface area contributed by atoms with Gasteiger partial charge in [0.2, 0.25) is 0 Å². The van der Waals surface area contributed by atoms with Crippen molar-refractivity contribution in [3.05, 3.63) is 0 Å². The number of hydrogen-bond acceptors (Lipinski definition) is 3. The molecule has 6 nitrogen and oxygen atoms in total. The molecule has 2 unspecified atom stereocenters. The third kappa shape index (κ3) is 5.04. The van der Waals surface area contributed by atoms with Gasteiger partial charge in [0.15, 0.2) is 0 Å². The molecule has 0 bridgehead atoms. The molecule has 1 aliphatic carbocycles. The number of rotatable bonds is 7. The molecular formula is C11H20N2O4. The van der Waals surface area contributed by atoms with E-state index in [9.17, 15) is 9.59 Å². The molecule has 0 aromatic carbocycles. The highest BCUT2D eigenvalue weighted by atomic mass is 16.5. The third-order valence-corrected chi connectivity index (χ3v) is 2.83. The number of carboxylic acid groups (broad SMARTS) is 1. The maximum atomic E-state index is 11.4. The summed E-state index contributed by atoms with van der Waals surface area (Å²) in [4.78, 5) is 21.7. The number of ether oxygens (including phenoxy) is 1. The Morgan fingerprint density at radius 3 is 2.59 bits per heavy atom. The molecule has 0 spiro atoms. The fourth-order valence-corrected chi connectivity index (χ4v) is 1.85. The lowest BCUT2D eigenvalue weighted by Gasteiger charge is -2.23. The molecule has 3 N–H and O–H groups in total. The molecule has 0 heterocycles. The van der Waals surface area contributed by atoms with Crippen LogP contribution in [0.2, 0.25) is 0 Å². The van der Waals surface area contributed by atoms with Gasteiger partial charge in [0.05, 0.1) is 18.6 Å². The zero-order valence-electron chi connectivity index (χ0n) is 10.2. The first-order valence-corrected chi connectivity index (χ1v) is 5.83. The summed E-state index contributed by atoms with van der Waals surface area (Å²) in [5, 5.41) is 13.7. The lowest BCUT2D eigenvalue weighted by molar-refractivity contribution is -0.136. The smallest absolute Gasteiger partial charge is 0.315 e. The van der Waals surface area contributed by atoms with Gasteiger partial charge in [-0.05, 0) is 25.7 Å². The number of aliphatic carboxylic acids is 1. The Morgan fingerprint density at radius 2 is 2.12 bits per heavy atom. The molecular weight excluding hydrogens is 224 g/mol. The van der Waals surface area contributed by atoms with Crippen LogP contribution >= 0.6 is 0 Å². The maximum absolute atomic E-state index is 11.4. The quantitative estimate of drug-likeness (QED) is 0.611. The van der Waals surface area contributed by atoms with Crippen LogP contribution in [-0.2, 0) is 9.53 Å². The fraction of sp³-hybridized carbons (Fsp3) is 0.818. The van der Waals surface area contributed by atoms with E-state index in [1.165, 1.54) is 0 Å². The normalized spacial score (nSPS) is 18.2. The van der Waals surface area contributed by atoms with Gasteiger partial charge in [0, 0.05) is 13.7 Å². The SMILES string of the molecule is COC(C1CC1)C(C)NC(=O)NCCC(=O)O. The summed E-state index contributed by atoms with van der Waals surface area (Å²) in [6.07, 6.45) is 2.26. The first-order valence-electron chi connectivity index (χ1n) is 5.83. The molecule has 98 valence electrons. The van der Waals surface area contributed by atoms with Crippen molar-refractivity contribution in [1.82, 2.24) is 10.6 Å². The van der Waals surface area contributed by atoms with Crippen LogP contribution < -0.4 is 10.6 Å². The Balaban J connectivity index is 2.22. The van der Waals surface area contributed by atoms with E-state index in [1.54, 1.807) is 7.11 Å². The van der Waals surface area contributed by atoms with Crippen LogP contribution in [0, 0.1) is 5.92 Å². The van der Waals surface area contributed by atoms with E-state index in [1.807, 2.05) is 6.92 Å². The van der Waals surface area contributed by atoms with Crippen LogP contribution in [0.15, 0.2) is 0 Å². The second-order valence-electron chi connectivity index (χ2n) is 4.37. The summed E-state index contributed by atoms with van der Waals surface area (Å²) in [5.41, 5.74) is 0. The predicted molar refractivity (Wildman–Crippen MR) is 61.8 cm³/mol. The fourth-order valence-electron chi connectivity index (χ4n) is 1.85. The van der Waals surface area contributed by atoms with Gasteiger partial charge in [0.1, 0.15) is 0 Å². The Kier molecular flexibility index (Phi) is 5.21. The molecule has 1 rings (SSSR count). The standard InChI is InChI=1S/C11H20N2O4/c1-7(10(17-2)8-3-4-8)13-11(16)12-6-5-9(14)15/h7-8,10H,3-6H2,1-2H3,(H,14,15)(H2,12,13,16). The molecule has 2 amide bonds. The van der Waals surface area contributed by atoms with Crippen LogP contribution in [0.1, 0.15) is 26.2 Å². The topological polar surface area (TPSA) is 87.7 Å². The summed E-state index contributed by atoms with van der Waals surface area (Å²) >= 11 is 0. The summed E-state index contributed by atoms with van der Waals surface area (Å²) in [7, 11) is 1.64. The summed E-state index contributed by atoms with van der Waals surface area (Å²) in [6.45, 7) is 2.03. The minimum Gasteiger partial charge on any atom is -0.481 e. The lowest BCUT2D eigenvalue weighted by atomic mass is 10.1. The molecule has 1 saturated carbocycles. The van der Waals surface area contributed by atoms with E-state index in [0.717, 1.165) is 12.8 Å². The van der Waals surface area contributed by atoms with Gasteiger partial charge in [-0.2, -0.15) is 0 Å². The number of carboxylic acids is 1. The first-order chi connectivity index (χ1) is 8.04. The molecule has 0 radical (unpaired) electrons. The molecule has 2 atom stereocenters. The molecule has 1 aliphatic rings. The number of amides is 2. The van der Waals surface area contributed by atoms with Crippen molar-refractivity contribution in [2.24, 2.45) is 5.92 Å². The van der Waals surface area contributed by atoms with Crippen LogP contribution in [0.4, 0.5) is 4.79 Å². The average molecular weight is 244 g/mol. The monoisotopic (exact) mass is 244 g/mol. The van der Waals surface area contributed by atoms with Gasteiger partial charge in [-0.3, -0.25) is 4.79 Å². The second-order valence-corrected chi connectivity index (χ2v) is 4.37. The van der Waals surface area contributed by atoms with Crippen LogP contribution in [0.5, 0.6) is 0 Å². The molecule has 0 aromatic heterocycles. The Bertz CT molecular complexity index is 279. The number of urea groups is 1. The highest BCUT2D eigenvalue weighted by Crippen LogP contribution is 2.35. The predicted octanol–water partition coefficient (Wildman–Crippen LogP) is 0.574. The van der Waals surface area contributed by atoms with E-state index in [0.29, 0.717) is 5.92 Å². The highest BCUT2D eigenvalue weighted by molar-refractivity contribution is 5.75. The van der Waals surface area contributed by atoms with E-state index in [-0.39, 0.29) is 31.1 Å². The number of hydrogen-bond donors (Lipinski definition) is 3. The Labute approximate surface area is 101 Å². The minimum absolute atomic E-state index is 0.0419. The zero-order valence-corrected chi connectivity index (χ0v) is 10.2. The number of nitrogens with one attached hydrogen (secondary N) is 2. The molecule has 1 fully saturated rings. The van der Waals surface area contributed by atoms with Crippen molar-refractivity contribution >= 4 is 12.0 Å². The molecule has 6 heteroatoms. The molecule has 0 saturated heterocycles. The molecule has 17 heavy (non-hydrogen) atoms. The summed E-state index contributed by atoms with van der Waals surface area (Å²) < 4.78 is 5.34. The summed E-state index contributed by atoms with van der Waals surface area (Å²) in [6, 6.07) is -0.418. The Morgan fingerprint density at radius 1 is 1.47 bits per heavy atom. The van der Waals surface area contributed by atoms with E-state index in [4.69, 9.17) is 9.84 Å². The largest absolute Gasteiger partial charge is 0.481 e. The van der Waals surface area contributed by atoms with Gasteiger partial charge < -0.3 is 20.5 Å². The van der Waals surface area contributed by atoms with E-state index < -0.39 is 5.97 Å². The van der Waals surface area contributed by atoms with E-state index >= 15 is 0 Å². The first kappa shape index (κ1) is 13.8.